The van der Waals surface area contributed by atoms with E-state index < -0.39 is 0 Å². The molecule has 1 N–H and O–H groups in total. The molecule has 2 rings (SSSR count). The summed E-state index contributed by atoms with van der Waals surface area (Å²) in [5.74, 6) is 0.423. The number of carbonyl (C=O) groups excluding carboxylic acids is 1. The SMILES string of the molecule is CC(C=O)c1cccc(-c2nn[nH]n2)c1. The Morgan fingerprint density at radius 2 is 2.33 bits per heavy atom. The number of hydrogen-bond donors (Lipinski definition) is 1. The number of aldehydes is 1. The lowest BCUT2D eigenvalue weighted by Gasteiger charge is -2.04. The van der Waals surface area contributed by atoms with Crippen molar-refractivity contribution in [2.24, 2.45) is 0 Å². The normalized spacial score (nSPS) is 12.3. The first-order valence-corrected chi connectivity index (χ1v) is 4.60. The fourth-order valence-corrected chi connectivity index (χ4v) is 1.32. The molecule has 5 heteroatoms. The van der Waals surface area contributed by atoms with Gasteiger partial charge in [-0.2, -0.15) is 5.21 Å². The summed E-state index contributed by atoms with van der Waals surface area (Å²) in [6.45, 7) is 1.85. The number of aromatic nitrogens is 4. The van der Waals surface area contributed by atoms with Crippen molar-refractivity contribution < 1.29 is 4.79 Å². The van der Waals surface area contributed by atoms with Gasteiger partial charge in [-0.3, -0.25) is 0 Å². The third kappa shape index (κ3) is 1.90. The average molecular weight is 202 g/mol. The van der Waals surface area contributed by atoms with E-state index in [4.69, 9.17) is 0 Å². The molecule has 76 valence electrons. The lowest BCUT2D eigenvalue weighted by atomic mass is 10.0. The van der Waals surface area contributed by atoms with Crippen LogP contribution in [0, 0.1) is 0 Å². The van der Waals surface area contributed by atoms with Crippen LogP contribution in [0.5, 0.6) is 0 Å². The summed E-state index contributed by atoms with van der Waals surface area (Å²) in [4.78, 5) is 10.7. The van der Waals surface area contributed by atoms with Gasteiger partial charge in [-0.05, 0) is 16.8 Å². The molecule has 0 spiro atoms. The summed E-state index contributed by atoms with van der Waals surface area (Å²) in [6, 6.07) is 7.56. The van der Waals surface area contributed by atoms with Crippen molar-refractivity contribution in [2.45, 2.75) is 12.8 Å². The molecule has 0 bridgehead atoms. The Bertz CT molecular complexity index is 452. The fraction of sp³-hybridized carbons (Fsp3) is 0.200. The van der Waals surface area contributed by atoms with Gasteiger partial charge in [0.05, 0.1) is 0 Å². The minimum atomic E-state index is -0.114. The Hall–Kier alpha value is -2.04. The molecule has 0 aliphatic rings. The third-order valence-corrected chi connectivity index (χ3v) is 2.22. The van der Waals surface area contributed by atoms with Crippen molar-refractivity contribution in [3.8, 4) is 11.4 Å². The Kier molecular flexibility index (Phi) is 2.53. The second-order valence-corrected chi connectivity index (χ2v) is 3.29. The molecule has 1 unspecified atom stereocenters. The van der Waals surface area contributed by atoms with Gasteiger partial charge in [0, 0.05) is 11.5 Å². The predicted octanol–water partition coefficient (Wildman–Crippen LogP) is 1.17. The Balaban J connectivity index is 2.39. The highest BCUT2D eigenvalue weighted by atomic mass is 16.1. The van der Waals surface area contributed by atoms with Crippen LogP contribution in [0.4, 0.5) is 0 Å². The first-order valence-electron chi connectivity index (χ1n) is 4.60. The second-order valence-electron chi connectivity index (χ2n) is 3.29. The summed E-state index contributed by atoms with van der Waals surface area (Å²) in [5, 5.41) is 13.6. The lowest BCUT2D eigenvalue weighted by molar-refractivity contribution is -0.108. The van der Waals surface area contributed by atoms with Crippen molar-refractivity contribution in [2.75, 3.05) is 0 Å². The van der Waals surface area contributed by atoms with Crippen molar-refractivity contribution in [1.29, 1.82) is 0 Å². The monoisotopic (exact) mass is 202 g/mol. The number of rotatable bonds is 3. The van der Waals surface area contributed by atoms with Gasteiger partial charge in [0.15, 0.2) is 0 Å². The second kappa shape index (κ2) is 4.00. The molecule has 0 aliphatic carbocycles. The molecule has 0 fully saturated rings. The summed E-state index contributed by atoms with van der Waals surface area (Å²) in [7, 11) is 0. The highest BCUT2D eigenvalue weighted by Crippen LogP contribution is 2.19. The first kappa shape index (κ1) is 9.51. The van der Waals surface area contributed by atoms with E-state index in [1.54, 1.807) is 0 Å². The number of H-pyrrole nitrogens is 1. The number of hydrogen-bond acceptors (Lipinski definition) is 4. The van der Waals surface area contributed by atoms with Crippen molar-refractivity contribution in [3.63, 3.8) is 0 Å². The summed E-state index contributed by atoms with van der Waals surface area (Å²) in [6.07, 6.45) is 0.912. The van der Waals surface area contributed by atoms with Crippen molar-refractivity contribution in [3.05, 3.63) is 29.8 Å². The lowest BCUT2D eigenvalue weighted by Crippen LogP contribution is -1.94. The molecule has 0 saturated carbocycles. The largest absolute Gasteiger partial charge is 0.303 e. The van der Waals surface area contributed by atoms with Gasteiger partial charge < -0.3 is 4.79 Å². The molecular weight excluding hydrogens is 192 g/mol. The number of carbonyl (C=O) groups is 1. The average Bonchev–Trinajstić information content (AvgIpc) is 2.82. The predicted molar refractivity (Wildman–Crippen MR) is 54.1 cm³/mol. The number of nitrogens with one attached hydrogen (secondary N) is 1. The topological polar surface area (TPSA) is 71.5 Å². The minimum absolute atomic E-state index is 0.114. The van der Waals surface area contributed by atoms with E-state index in [0.29, 0.717) is 5.82 Å². The quantitative estimate of drug-likeness (QED) is 0.758. The summed E-state index contributed by atoms with van der Waals surface area (Å²) >= 11 is 0. The van der Waals surface area contributed by atoms with Crippen LogP contribution in [0.25, 0.3) is 11.4 Å². The van der Waals surface area contributed by atoms with Gasteiger partial charge in [0.25, 0.3) is 0 Å². The first-order chi connectivity index (χ1) is 7.31. The number of aromatic amines is 1. The Morgan fingerprint density at radius 1 is 1.47 bits per heavy atom. The van der Waals surface area contributed by atoms with E-state index in [0.717, 1.165) is 17.4 Å². The van der Waals surface area contributed by atoms with Crippen molar-refractivity contribution >= 4 is 6.29 Å². The highest BCUT2D eigenvalue weighted by Gasteiger charge is 2.07. The fourth-order valence-electron chi connectivity index (χ4n) is 1.32. The van der Waals surface area contributed by atoms with Crippen LogP contribution in [-0.2, 0) is 4.79 Å². The van der Waals surface area contributed by atoms with Gasteiger partial charge in [0.1, 0.15) is 6.29 Å². The van der Waals surface area contributed by atoms with Gasteiger partial charge in [-0.25, -0.2) is 0 Å². The molecule has 0 radical (unpaired) electrons. The smallest absolute Gasteiger partial charge is 0.204 e. The van der Waals surface area contributed by atoms with Crippen molar-refractivity contribution in [1.82, 2.24) is 20.6 Å². The zero-order valence-electron chi connectivity index (χ0n) is 8.21. The molecular formula is C10H10N4O. The molecule has 5 nitrogen and oxygen atoms in total. The van der Waals surface area contributed by atoms with E-state index in [9.17, 15) is 4.79 Å². The molecule has 0 saturated heterocycles. The molecule has 15 heavy (non-hydrogen) atoms. The maximum atomic E-state index is 10.7. The Labute approximate surface area is 86.5 Å². The molecule has 0 amide bonds. The molecule has 0 aliphatic heterocycles. The molecule has 1 aromatic heterocycles. The zero-order valence-corrected chi connectivity index (χ0v) is 8.21. The van der Waals surface area contributed by atoms with Gasteiger partial charge >= 0.3 is 0 Å². The van der Waals surface area contributed by atoms with Crippen LogP contribution in [0.1, 0.15) is 18.4 Å². The summed E-state index contributed by atoms with van der Waals surface area (Å²) in [5.41, 5.74) is 1.81. The number of tetrazole rings is 1. The summed E-state index contributed by atoms with van der Waals surface area (Å²) < 4.78 is 0. The van der Waals surface area contributed by atoms with E-state index in [1.807, 2.05) is 31.2 Å². The van der Waals surface area contributed by atoms with Crippen LogP contribution < -0.4 is 0 Å². The maximum absolute atomic E-state index is 10.7. The molecule has 1 atom stereocenters. The Morgan fingerprint density at radius 3 is 3.00 bits per heavy atom. The zero-order chi connectivity index (χ0) is 10.7. The van der Waals surface area contributed by atoms with Gasteiger partial charge in [-0.15, -0.1) is 10.2 Å². The molecule has 1 aromatic carbocycles. The van der Waals surface area contributed by atoms with Crippen LogP contribution in [0.3, 0.4) is 0 Å². The standard InChI is InChI=1S/C10H10N4O/c1-7(6-15)8-3-2-4-9(5-8)10-11-13-14-12-10/h2-7H,1H3,(H,11,12,13,14). The van der Waals surface area contributed by atoms with Crippen LogP contribution in [0.2, 0.25) is 0 Å². The maximum Gasteiger partial charge on any atom is 0.204 e. The van der Waals surface area contributed by atoms with Crippen LogP contribution in [0.15, 0.2) is 24.3 Å². The van der Waals surface area contributed by atoms with E-state index in [1.165, 1.54) is 0 Å². The molecule has 1 heterocycles. The van der Waals surface area contributed by atoms with Crippen LogP contribution >= 0.6 is 0 Å². The van der Waals surface area contributed by atoms with E-state index in [2.05, 4.69) is 20.6 Å². The van der Waals surface area contributed by atoms with Gasteiger partial charge in [-0.1, -0.05) is 25.1 Å². The van der Waals surface area contributed by atoms with Crippen LogP contribution in [-0.4, -0.2) is 26.9 Å². The number of benzene rings is 1. The minimum Gasteiger partial charge on any atom is -0.303 e. The highest BCUT2D eigenvalue weighted by molar-refractivity contribution is 5.64. The number of nitrogens with zero attached hydrogens (tertiary/aromatic N) is 3. The molecule has 2 aromatic rings. The van der Waals surface area contributed by atoms with Gasteiger partial charge in [0.2, 0.25) is 5.82 Å². The van der Waals surface area contributed by atoms with E-state index >= 15 is 0 Å². The van der Waals surface area contributed by atoms with E-state index in [-0.39, 0.29) is 5.92 Å². The third-order valence-electron chi connectivity index (χ3n) is 2.22.